The van der Waals surface area contributed by atoms with Gasteiger partial charge in [-0.1, -0.05) is 38.1 Å². The average molecular weight is 463 g/mol. The summed E-state index contributed by atoms with van der Waals surface area (Å²) in [6, 6.07) is 9.82. The summed E-state index contributed by atoms with van der Waals surface area (Å²) < 4.78 is 0. The minimum atomic E-state index is -0.182. The lowest BCUT2D eigenvalue weighted by Crippen LogP contribution is -2.56. The fraction of sp³-hybridized carbons (Fsp3) is 0.667. The zero-order chi connectivity index (χ0) is 24.3. The summed E-state index contributed by atoms with van der Waals surface area (Å²) in [4.78, 5) is 28.8. The van der Waals surface area contributed by atoms with E-state index in [-0.39, 0.29) is 23.0 Å². The standard InChI is InChI=1S/C30H42N2O2/c1-19(32(4)5)22-13-14-23-21-11-12-25-27(33)26(31-28(34)20-9-7-6-8-10-20)16-18-30(25,3)24(21)15-17-29(22,23)2/h6-10,16,19,21-25H,11-15,17-18H2,1-5H3,(H,31,34)/t19-,21-,22+,23-,24-,25+,29+,30+/m0/s1. The predicted molar refractivity (Wildman–Crippen MR) is 136 cm³/mol. The summed E-state index contributed by atoms with van der Waals surface area (Å²) in [5.74, 6) is 2.92. The molecule has 0 spiro atoms. The molecule has 0 radical (unpaired) electrons. The monoisotopic (exact) mass is 462 g/mol. The number of hydrogen-bond acceptors (Lipinski definition) is 3. The first kappa shape index (κ1) is 23.8. The van der Waals surface area contributed by atoms with Gasteiger partial charge in [0.1, 0.15) is 0 Å². The van der Waals surface area contributed by atoms with Crippen molar-refractivity contribution in [2.75, 3.05) is 14.1 Å². The molecule has 3 fully saturated rings. The number of allylic oxidation sites excluding steroid dienone is 2. The number of rotatable bonds is 4. The third kappa shape index (κ3) is 3.59. The second kappa shape index (κ2) is 8.62. The number of carbonyl (C=O) groups excluding carboxylic acids is 2. The van der Waals surface area contributed by atoms with Crippen LogP contribution >= 0.6 is 0 Å². The highest BCUT2D eigenvalue weighted by atomic mass is 16.2. The molecule has 0 aromatic heterocycles. The molecule has 5 rings (SSSR count). The van der Waals surface area contributed by atoms with E-state index >= 15 is 0 Å². The number of ketones is 1. The van der Waals surface area contributed by atoms with E-state index in [1.807, 2.05) is 24.3 Å². The maximum Gasteiger partial charge on any atom is 0.255 e. The molecule has 1 aromatic rings. The Labute approximate surface area is 205 Å². The molecule has 1 amide bonds. The summed E-state index contributed by atoms with van der Waals surface area (Å²) in [5.41, 5.74) is 1.57. The predicted octanol–water partition coefficient (Wildman–Crippen LogP) is 5.70. The number of benzene rings is 1. The van der Waals surface area contributed by atoms with Crippen LogP contribution in [0.4, 0.5) is 0 Å². The minimum absolute atomic E-state index is 0.0214. The highest BCUT2D eigenvalue weighted by molar-refractivity contribution is 6.05. The van der Waals surface area contributed by atoms with Gasteiger partial charge in [-0.2, -0.15) is 0 Å². The van der Waals surface area contributed by atoms with Gasteiger partial charge in [-0.25, -0.2) is 0 Å². The van der Waals surface area contributed by atoms with Gasteiger partial charge < -0.3 is 10.2 Å². The highest BCUT2D eigenvalue weighted by Crippen LogP contribution is 2.67. The molecule has 0 bridgehead atoms. The van der Waals surface area contributed by atoms with E-state index in [0.717, 1.165) is 30.6 Å². The third-order valence-electron chi connectivity index (χ3n) is 11.0. The zero-order valence-corrected chi connectivity index (χ0v) is 21.6. The summed E-state index contributed by atoms with van der Waals surface area (Å²) in [5, 5.41) is 2.95. The lowest BCUT2D eigenvalue weighted by Gasteiger charge is -2.60. The van der Waals surface area contributed by atoms with Gasteiger partial charge in [-0.15, -0.1) is 0 Å². The number of Topliss-reactive ketones (excluding diaryl/α,β-unsaturated/α-hetero) is 1. The number of nitrogens with one attached hydrogen (secondary N) is 1. The number of carbonyl (C=O) groups is 2. The SMILES string of the molecule is C[C@@H]([C@H]1CC[C@H]2[C@@H]3CC[C@@H]4C(=O)C(NC(=O)c5ccccc5)=CC[C@]4(C)[C@H]3CC[C@]12C)N(C)C. The van der Waals surface area contributed by atoms with Crippen molar-refractivity contribution in [1.29, 1.82) is 0 Å². The molecular formula is C30H42N2O2. The van der Waals surface area contributed by atoms with Crippen LogP contribution in [0.5, 0.6) is 0 Å². The Morgan fingerprint density at radius 2 is 1.71 bits per heavy atom. The number of nitrogens with zero attached hydrogens (tertiary/aromatic N) is 1. The first-order valence-electron chi connectivity index (χ1n) is 13.4. The molecule has 0 saturated heterocycles. The Hall–Kier alpha value is -1.94. The Balaban J connectivity index is 1.35. The Kier molecular flexibility index (Phi) is 6.03. The summed E-state index contributed by atoms with van der Waals surface area (Å²) in [6.07, 6.45) is 10.3. The molecule has 0 aliphatic heterocycles. The highest BCUT2D eigenvalue weighted by Gasteiger charge is 2.61. The Morgan fingerprint density at radius 3 is 2.41 bits per heavy atom. The van der Waals surface area contributed by atoms with Gasteiger partial charge in [-0.3, -0.25) is 9.59 Å². The molecule has 1 N–H and O–H groups in total. The number of amides is 1. The van der Waals surface area contributed by atoms with Crippen molar-refractivity contribution in [3.8, 4) is 0 Å². The normalized spacial score (nSPS) is 40.1. The third-order valence-corrected chi connectivity index (χ3v) is 11.0. The molecule has 184 valence electrons. The van der Waals surface area contributed by atoms with Crippen LogP contribution < -0.4 is 5.32 Å². The lowest BCUT2D eigenvalue weighted by molar-refractivity contribution is -0.140. The first-order valence-corrected chi connectivity index (χ1v) is 13.4. The van der Waals surface area contributed by atoms with Crippen LogP contribution in [0.3, 0.4) is 0 Å². The fourth-order valence-corrected chi connectivity index (χ4v) is 8.88. The van der Waals surface area contributed by atoms with E-state index in [0.29, 0.717) is 28.6 Å². The topological polar surface area (TPSA) is 49.4 Å². The molecule has 8 atom stereocenters. The molecule has 3 saturated carbocycles. The summed E-state index contributed by atoms with van der Waals surface area (Å²) >= 11 is 0. The average Bonchev–Trinajstić information content (AvgIpc) is 3.18. The van der Waals surface area contributed by atoms with Gasteiger partial charge in [0.25, 0.3) is 5.91 Å². The van der Waals surface area contributed by atoms with E-state index in [1.165, 1.54) is 32.1 Å². The molecule has 34 heavy (non-hydrogen) atoms. The molecule has 1 aromatic carbocycles. The minimum Gasteiger partial charge on any atom is -0.319 e. The van der Waals surface area contributed by atoms with E-state index in [4.69, 9.17) is 0 Å². The summed E-state index contributed by atoms with van der Waals surface area (Å²) in [7, 11) is 4.46. The van der Waals surface area contributed by atoms with Crippen molar-refractivity contribution in [1.82, 2.24) is 10.2 Å². The van der Waals surface area contributed by atoms with Crippen LogP contribution in [0.25, 0.3) is 0 Å². The van der Waals surface area contributed by atoms with Gasteiger partial charge in [-0.05, 0) is 113 Å². The van der Waals surface area contributed by atoms with Gasteiger partial charge in [0, 0.05) is 17.5 Å². The van der Waals surface area contributed by atoms with Crippen molar-refractivity contribution >= 4 is 11.7 Å². The van der Waals surface area contributed by atoms with Gasteiger partial charge in [0.2, 0.25) is 0 Å². The molecule has 0 heterocycles. The van der Waals surface area contributed by atoms with Crippen LogP contribution in [0.2, 0.25) is 0 Å². The van der Waals surface area contributed by atoms with E-state index in [9.17, 15) is 9.59 Å². The van der Waals surface area contributed by atoms with Crippen molar-refractivity contribution in [3.63, 3.8) is 0 Å². The van der Waals surface area contributed by atoms with E-state index in [1.54, 1.807) is 12.1 Å². The molecule has 4 heteroatoms. The van der Waals surface area contributed by atoms with Crippen LogP contribution in [0.1, 0.15) is 76.1 Å². The smallest absolute Gasteiger partial charge is 0.255 e. The number of fused-ring (bicyclic) bond motifs is 5. The van der Waals surface area contributed by atoms with Gasteiger partial charge in [0.15, 0.2) is 5.78 Å². The number of hydrogen-bond donors (Lipinski definition) is 1. The van der Waals surface area contributed by atoms with Gasteiger partial charge in [0.05, 0.1) is 5.70 Å². The second-order valence-corrected chi connectivity index (χ2v) is 12.5. The van der Waals surface area contributed by atoms with Crippen LogP contribution in [0, 0.1) is 40.4 Å². The van der Waals surface area contributed by atoms with Crippen LogP contribution in [0.15, 0.2) is 42.1 Å². The molecular weight excluding hydrogens is 420 g/mol. The largest absolute Gasteiger partial charge is 0.319 e. The van der Waals surface area contributed by atoms with Crippen molar-refractivity contribution in [2.45, 2.75) is 71.8 Å². The van der Waals surface area contributed by atoms with E-state index < -0.39 is 0 Å². The van der Waals surface area contributed by atoms with Gasteiger partial charge >= 0.3 is 0 Å². The summed E-state index contributed by atoms with van der Waals surface area (Å²) in [6.45, 7) is 7.39. The van der Waals surface area contributed by atoms with Crippen molar-refractivity contribution < 1.29 is 9.59 Å². The quantitative estimate of drug-likeness (QED) is 0.625. The molecule has 0 unspecified atom stereocenters. The first-order chi connectivity index (χ1) is 16.2. The van der Waals surface area contributed by atoms with Crippen molar-refractivity contribution in [2.24, 2.45) is 40.4 Å². The lowest BCUT2D eigenvalue weighted by atomic mass is 9.45. The van der Waals surface area contributed by atoms with Crippen molar-refractivity contribution in [3.05, 3.63) is 47.7 Å². The van der Waals surface area contributed by atoms with E-state index in [2.05, 4.69) is 45.1 Å². The second-order valence-electron chi connectivity index (χ2n) is 12.5. The Morgan fingerprint density at radius 1 is 1.00 bits per heavy atom. The molecule has 4 aliphatic rings. The maximum absolute atomic E-state index is 13.6. The van der Waals surface area contributed by atoms with Crippen LogP contribution in [-0.2, 0) is 4.79 Å². The molecule has 4 nitrogen and oxygen atoms in total. The fourth-order valence-electron chi connectivity index (χ4n) is 8.88. The zero-order valence-electron chi connectivity index (χ0n) is 21.6. The maximum atomic E-state index is 13.6. The van der Waals surface area contributed by atoms with Crippen LogP contribution in [-0.4, -0.2) is 36.7 Å². The Bertz CT molecular complexity index is 985. The molecule has 4 aliphatic carbocycles.